The predicted molar refractivity (Wildman–Crippen MR) is 116 cm³/mol. The van der Waals surface area contributed by atoms with Crippen LogP contribution in [0.5, 0.6) is 5.75 Å². The molecule has 0 bridgehead atoms. The van der Waals surface area contributed by atoms with E-state index < -0.39 is 0 Å². The second kappa shape index (κ2) is 7.00. The minimum absolute atomic E-state index is 0.0238. The first-order valence-electron chi connectivity index (χ1n) is 9.00. The van der Waals surface area contributed by atoms with Crippen molar-refractivity contribution in [2.75, 3.05) is 0 Å². The summed E-state index contributed by atoms with van der Waals surface area (Å²) in [5.41, 5.74) is 4.43. The lowest BCUT2D eigenvalue weighted by Crippen LogP contribution is -2.08. The minimum Gasteiger partial charge on any atom is -0.506 e. The van der Waals surface area contributed by atoms with Crippen molar-refractivity contribution in [2.45, 2.75) is 0 Å². The molecule has 0 unspecified atom stereocenters. The number of thiophene rings is 1. The van der Waals surface area contributed by atoms with Crippen LogP contribution >= 0.6 is 11.3 Å². The molecule has 0 saturated carbocycles. The van der Waals surface area contributed by atoms with E-state index in [-0.39, 0.29) is 16.9 Å². The van der Waals surface area contributed by atoms with E-state index in [1.807, 2.05) is 48.0 Å². The number of pyridine rings is 3. The number of hydrogen-bond acceptors (Lipinski definition) is 5. The summed E-state index contributed by atoms with van der Waals surface area (Å²) < 4.78 is 0. The first kappa shape index (κ1) is 17.3. The van der Waals surface area contributed by atoms with Gasteiger partial charge in [-0.3, -0.25) is 14.8 Å². The van der Waals surface area contributed by atoms with E-state index >= 15 is 0 Å². The molecule has 4 aromatic heterocycles. The van der Waals surface area contributed by atoms with Gasteiger partial charge in [0.15, 0.2) is 0 Å². The van der Waals surface area contributed by atoms with Crippen LogP contribution in [0, 0.1) is 0 Å². The highest BCUT2D eigenvalue weighted by Gasteiger charge is 2.19. The molecule has 2 N–H and O–H groups in total. The van der Waals surface area contributed by atoms with Gasteiger partial charge in [0.2, 0.25) is 0 Å². The lowest BCUT2D eigenvalue weighted by molar-refractivity contribution is 0.483. The number of aromatic hydroxyl groups is 1. The molecule has 0 saturated heterocycles. The molecular weight excluding hydrogens is 382 g/mol. The number of aromatic amines is 1. The topological polar surface area (TPSA) is 78.9 Å². The molecule has 0 aliphatic carbocycles. The largest absolute Gasteiger partial charge is 0.506 e. The first-order valence-corrected chi connectivity index (χ1v) is 9.88. The Morgan fingerprint density at radius 3 is 2.14 bits per heavy atom. The molecule has 140 valence electrons. The van der Waals surface area contributed by atoms with Gasteiger partial charge in [-0.2, -0.15) is 0 Å². The van der Waals surface area contributed by atoms with E-state index in [4.69, 9.17) is 0 Å². The van der Waals surface area contributed by atoms with E-state index in [9.17, 15) is 9.90 Å². The fourth-order valence-electron chi connectivity index (χ4n) is 3.45. The average Bonchev–Trinajstić information content (AvgIpc) is 3.19. The molecule has 0 aliphatic heterocycles. The standard InChI is InChI=1S/C23H15N3O2S/c27-21-19(17-4-2-10-25-12-17)22(28)26-23-20(21)18(13-29-23)15-7-5-14(6-8-15)16-3-1-9-24-11-16/h1-13H,(H2,26,27,28). The third-order valence-corrected chi connectivity index (χ3v) is 5.76. The van der Waals surface area contributed by atoms with Crippen LogP contribution in [0.1, 0.15) is 0 Å². The van der Waals surface area contributed by atoms with Gasteiger partial charge >= 0.3 is 0 Å². The summed E-state index contributed by atoms with van der Waals surface area (Å²) >= 11 is 1.40. The van der Waals surface area contributed by atoms with Gasteiger partial charge < -0.3 is 10.1 Å². The second-order valence-electron chi connectivity index (χ2n) is 6.59. The van der Waals surface area contributed by atoms with Crippen LogP contribution in [0.15, 0.2) is 83.5 Å². The maximum Gasteiger partial charge on any atom is 0.260 e. The number of H-pyrrole nitrogens is 1. The highest BCUT2D eigenvalue weighted by molar-refractivity contribution is 7.17. The summed E-state index contributed by atoms with van der Waals surface area (Å²) in [6.45, 7) is 0. The Kier molecular flexibility index (Phi) is 4.18. The zero-order valence-electron chi connectivity index (χ0n) is 15.2. The smallest absolute Gasteiger partial charge is 0.260 e. The Bertz CT molecular complexity index is 1360. The third-order valence-electron chi connectivity index (χ3n) is 4.86. The van der Waals surface area contributed by atoms with Crippen molar-refractivity contribution in [1.29, 1.82) is 0 Å². The number of nitrogens with one attached hydrogen (secondary N) is 1. The summed E-state index contributed by atoms with van der Waals surface area (Å²) in [5, 5.41) is 13.6. The van der Waals surface area contributed by atoms with Gasteiger partial charge in [-0.05, 0) is 28.8 Å². The van der Waals surface area contributed by atoms with Gasteiger partial charge in [0, 0.05) is 41.3 Å². The van der Waals surface area contributed by atoms with Crippen molar-refractivity contribution in [3.8, 4) is 39.1 Å². The van der Waals surface area contributed by atoms with Crippen LogP contribution in [0.25, 0.3) is 43.6 Å². The lowest BCUT2D eigenvalue weighted by Gasteiger charge is -2.08. The Labute approximate surface area is 170 Å². The van der Waals surface area contributed by atoms with Crippen molar-refractivity contribution in [2.24, 2.45) is 0 Å². The number of hydrogen-bond donors (Lipinski definition) is 2. The molecule has 4 heterocycles. The van der Waals surface area contributed by atoms with Gasteiger partial charge in [0.05, 0.1) is 10.9 Å². The normalized spacial score (nSPS) is 11.0. The molecule has 5 rings (SSSR count). The van der Waals surface area contributed by atoms with E-state index in [2.05, 4.69) is 15.0 Å². The molecule has 0 radical (unpaired) electrons. The van der Waals surface area contributed by atoms with Gasteiger partial charge in [0.25, 0.3) is 5.56 Å². The summed E-state index contributed by atoms with van der Waals surface area (Å²) in [5.74, 6) is -0.0238. The van der Waals surface area contributed by atoms with Crippen LogP contribution in [0.2, 0.25) is 0 Å². The monoisotopic (exact) mass is 397 g/mol. The summed E-state index contributed by atoms with van der Waals surface area (Å²) in [6.07, 6.45) is 6.78. The molecule has 0 atom stereocenters. The molecule has 0 fully saturated rings. The van der Waals surface area contributed by atoms with Crippen molar-refractivity contribution < 1.29 is 5.11 Å². The molecule has 1 aromatic carbocycles. The molecule has 29 heavy (non-hydrogen) atoms. The third kappa shape index (κ3) is 2.99. The van der Waals surface area contributed by atoms with Crippen LogP contribution in [0.4, 0.5) is 0 Å². The molecule has 5 aromatic rings. The highest BCUT2D eigenvalue weighted by Crippen LogP contribution is 2.41. The van der Waals surface area contributed by atoms with Crippen LogP contribution in [-0.2, 0) is 0 Å². The minimum atomic E-state index is -0.330. The van der Waals surface area contributed by atoms with Gasteiger partial charge in [0.1, 0.15) is 10.6 Å². The number of rotatable bonds is 3. The van der Waals surface area contributed by atoms with E-state index in [0.717, 1.165) is 22.3 Å². The van der Waals surface area contributed by atoms with Crippen molar-refractivity contribution in [3.05, 3.63) is 89.1 Å². The SMILES string of the molecule is O=c1[nH]c2scc(-c3ccc(-c4cccnc4)cc3)c2c(O)c1-c1cccnc1. The zero-order valence-corrected chi connectivity index (χ0v) is 16.0. The van der Waals surface area contributed by atoms with Crippen molar-refractivity contribution >= 4 is 21.6 Å². The Morgan fingerprint density at radius 2 is 1.48 bits per heavy atom. The summed E-state index contributed by atoms with van der Waals surface area (Å²) in [4.78, 5) is 24.3. The number of benzene rings is 1. The summed E-state index contributed by atoms with van der Waals surface area (Å²) in [7, 11) is 0. The Morgan fingerprint density at radius 1 is 0.828 bits per heavy atom. The fourth-order valence-corrected chi connectivity index (χ4v) is 4.42. The fraction of sp³-hybridized carbons (Fsp3) is 0. The average molecular weight is 397 g/mol. The van der Waals surface area contributed by atoms with Gasteiger partial charge in [-0.15, -0.1) is 11.3 Å². The molecular formula is C23H15N3O2S. The van der Waals surface area contributed by atoms with Crippen LogP contribution in [-0.4, -0.2) is 20.1 Å². The Balaban J connectivity index is 1.66. The van der Waals surface area contributed by atoms with Gasteiger partial charge in [-0.25, -0.2) is 0 Å². The van der Waals surface area contributed by atoms with Gasteiger partial charge in [-0.1, -0.05) is 36.4 Å². The van der Waals surface area contributed by atoms with E-state index in [1.165, 1.54) is 11.3 Å². The quantitative estimate of drug-likeness (QED) is 0.445. The van der Waals surface area contributed by atoms with E-state index in [1.54, 1.807) is 30.7 Å². The maximum atomic E-state index is 12.6. The maximum absolute atomic E-state index is 12.6. The van der Waals surface area contributed by atoms with Crippen molar-refractivity contribution in [1.82, 2.24) is 15.0 Å². The Hall–Kier alpha value is -3.77. The molecule has 0 spiro atoms. The molecule has 6 heteroatoms. The summed E-state index contributed by atoms with van der Waals surface area (Å²) in [6, 6.07) is 15.5. The molecule has 0 amide bonds. The van der Waals surface area contributed by atoms with Crippen molar-refractivity contribution in [3.63, 3.8) is 0 Å². The predicted octanol–water partition coefficient (Wildman–Crippen LogP) is 5.09. The molecule has 0 aliphatic rings. The number of nitrogens with zero attached hydrogens (tertiary/aromatic N) is 2. The zero-order chi connectivity index (χ0) is 19.8. The first-order chi connectivity index (χ1) is 14.2. The molecule has 5 nitrogen and oxygen atoms in total. The van der Waals surface area contributed by atoms with Crippen LogP contribution < -0.4 is 5.56 Å². The van der Waals surface area contributed by atoms with E-state index in [0.29, 0.717) is 15.8 Å². The van der Waals surface area contributed by atoms with Crippen LogP contribution in [0.3, 0.4) is 0 Å². The second-order valence-corrected chi connectivity index (χ2v) is 7.47. The number of fused-ring (bicyclic) bond motifs is 1. The number of aromatic nitrogens is 3. The lowest BCUT2D eigenvalue weighted by atomic mass is 9.99. The highest BCUT2D eigenvalue weighted by atomic mass is 32.1.